The molecule has 1 aromatic heterocycles. The van der Waals surface area contributed by atoms with E-state index in [9.17, 15) is 17.6 Å². The van der Waals surface area contributed by atoms with Crippen molar-refractivity contribution in [2.45, 2.75) is 10.9 Å². The van der Waals surface area contributed by atoms with Gasteiger partial charge in [0.2, 0.25) is 15.9 Å². The first-order valence-corrected chi connectivity index (χ1v) is 9.95. The average Bonchev–Trinajstić information content (AvgIpc) is 2.68. The number of hydrogen-bond acceptors (Lipinski definition) is 5. The molecule has 0 saturated carbocycles. The van der Waals surface area contributed by atoms with Gasteiger partial charge in [-0.15, -0.1) is 24.8 Å². The molecule has 1 atom stereocenters. The number of likely N-dealkylation sites (N-methyl/N-ethyl adjacent to an activating group) is 1. The summed E-state index contributed by atoms with van der Waals surface area (Å²) in [4.78, 5) is 18.3. The van der Waals surface area contributed by atoms with Gasteiger partial charge in [-0.3, -0.25) is 9.78 Å². The van der Waals surface area contributed by atoms with E-state index in [4.69, 9.17) is 0 Å². The molecule has 7 nitrogen and oxygen atoms in total. The number of halogens is 3. The van der Waals surface area contributed by atoms with Crippen molar-refractivity contribution in [1.82, 2.24) is 19.5 Å². The molecule has 0 radical (unpaired) electrons. The summed E-state index contributed by atoms with van der Waals surface area (Å²) in [6.07, 6.45) is 2.73. The van der Waals surface area contributed by atoms with Gasteiger partial charge in [-0.25, -0.2) is 12.8 Å². The Labute approximate surface area is 182 Å². The van der Waals surface area contributed by atoms with Gasteiger partial charge in [0.15, 0.2) is 0 Å². The van der Waals surface area contributed by atoms with Crippen molar-refractivity contribution in [2.24, 2.45) is 0 Å². The SMILES string of the molecule is CN(CC(=O)N1CCNCC1c1cccc(F)c1)S(=O)(=O)c1cccnc1.Cl.Cl. The first-order chi connectivity index (χ1) is 12.9. The van der Waals surface area contributed by atoms with Crippen LogP contribution in [-0.4, -0.2) is 61.7 Å². The second-order valence-electron chi connectivity index (χ2n) is 6.31. The molecule has 1 aliphatic heterocycles. The normalized spacial score (nSPS) is 16.7. The minimum atomic E-state index is -3.81. The molecule has 0 spiro atoms. The minimum Gasteiger partial charge on any atom is -0.332 e. The lowest BCUT2D eigenvalue weighted by molar-refractivity contribution is -0.134. The van der Waals surface area contributed by atoms with E-state index in [1.54, 1.807) is 17.0 Å². The molecule has 1 aromatic carbocycles. The van der Waals surface area contributed by atoms with Gasteiger partial charge < -0.3 is 10.2 Å². The number of amides is 1. The van der Waals surface area contributed by atoms with Gasteiger partial charge in [0.1, 0.15) is 10.7 Å². The number of benzene rings is 1. The third-order valence-electron chi connectivity index (χ3n) is 4.50. The van der Waals surface area contributed by atoms with Crippen molar-refractivity contribution < 1.29 is 17.6 Å². The molecule has 1 fully saturated rings. The maximum absolute atomic E-state index is 13.6. The first kappa shape index (κ1) is 25.3. The predicted octanol–water partition coefficient (Wildman–Crippen LogP) is 1.86. The predicted molar refractivity (Wildman–Crippen MR) is 112 cm³/mol. The Morgan fingerprint density at radius 3 is 2.72 bits per heavy atom. The molecule has 2 heterocycles. The highest BCUT2D eigenvalue weighted by Crippen LogP contribution is 2.23. The monoisotopic (exact) mass is 464 g/mol. The summed E-state index contributed by atoms with van der Waals surface area (Å²) in [6.45, 7) is 1.19. The molecule has 2 aromatic rings. The van der Waals surface area contributed by atoms with Gasteiger partial charge in [0.05, 0.1) is 12.6 Å². The summed E-state index contributed by atoms with van der Waals surface area (Å²) in [7, 11) is -2.45. The fourth-order valence-corrected chi connectivity index (χ4v) is 4.15. The zero-order valence-corrected chi connectivity index (χ0v) is 18.1. The van der Waals surface area contributed by atoms with E-state index in [1.807, 2.05) is 0 Å². The Bertz CT molecular complexity index is 918. The molecule has 0 bridgehead atoms. The topological polar surface area (TPSA) is 82.6 Å². The molecular weight excluding hydrogens is 442 g/mol. The number of aromatic nitrogens is 1. The largest absolute Gasteiger partial charge is 0.332 e. The van der Waals surface area contributed by atoms with Gasteiger partial charge in [-0.1, -0.05) is 12.1 Å². The lowest BCUT2D eigenvalue weighted by Gasteiger charge is -2.37. The molecule has 160 valence electrons. The van der Waals surface area contributed by atoms with Crippen LogP contribution < -0.4 is 5.32 Å². The van der Waals surface area contributed by atoms with Crippen LogP contribution in [0.25, 0.3) is 0 Å². The summed E-state index contributed by atoms with van der Waals surface area (Å²) < 4.78 is 39.8. The van der Waals surface area contributed by atoms with Crippen molar-refractivity contribution in [3.63, 3.8) is 0 Å². The van der Waals surface area contributed by atoms with Crippen LogP contribution in [0.2, 0.25) is 0 Å². The van der Waals surface area contributed by atoms with Crippen molar-refractivity contribution in [3.05, 3.63) is 60.2 Å². The highest BCUT2D eigenvalue weighted by molar-refractivity contribution is 7.89. The zero-order valence-electron chi connectivity index (χ0n) is 15.7. The van der Waals surface area contributed by atoms with Crippen LogP contribution in [0.3, 0.4) is 0 Å². The van der Waals surface area contributed by atoms with Crippen LogP contribution in [0.5, 0.6) is 0 Å². The molecule has 1 unspecified atom stereocenters. The summed E-state index contributed by atoms with van der Waals surface area (Å²) >= 11 is 0. The van der Waals surface area contributed by atoms with Crippen molar-refractivity contribution in [1.29, 1.82) is 0 Å². The number of nitrogens with zero attached hydrogens (tertiary/aromatic N) is 3. The molecule has 0 aliphatic carbocycles. The van der Waals surface area contributed by atoms with E-state index in [0.29, 0.717) is 25.2 Å². The lowest BCUT2D eigenvalue weighted by atomic mass is 10.0. The summed E-state index contributed by atoms with van der Waals surface area (Å²) in [5.74, 6) is -0.706. The van der Waals surface area contributed by atoms with Crippen LogP contribution in [0.15, 0.2) is 53.7 Å². The zero-order chi connectivity index (χ0) is 19.4. The van der Waals surface area contributed by atoms with E-state index in [-0.39, 0.29) is 54.0 Å². The molecular formula is C18H23Cl2FN4O3S. The Hall–Kier alpha value is -1.78. The number of rotatable bonds is 5. The molecule has 29 heavy (non-hydrogen) atoms. The number of carbonyl (C=O) groups excluding carboxylic acids is 1. The Balaban J connectivity index is 0.00000210. The molecule has 1 N–H and O–H groups in total. The second-order valence-corrected chi connectivity index (χ2v) is 8.36. The van der Waals surface area contributed by atoms with Crippen LogP contribution >= 0.6 is 24.8 Å². The summed E-state index contributed by atoms with van der Waals surface area (Å²) in [6, 6.07) is 8.71. The second kappa shape index (κ2) is 10.8. The van der Waals surface area contributed by atoms with E-state index in [2.05, 4.69) is 10.3 Å². The lowest BCUT2D eigenvalue weighted by Crippen LogP contribution is -2.51. The Morgan fingerprint density at radius 1 is 1.31 bits per heavy atom. The third kappa shape index (κ3) is 5.86. The van der Waals surface area contributed by atoms with E-state index >= 15 is 0 Å². The van der Waals surface area contributed by atoms with Crippen LogP contribution in [0.1, 0.15) is 11.6 Å². The maximum atomic E-state index is 13.6. The van der Waals surface area contributed by atoms with Gasteiger partial charge >= 0.3 is 0 Å². The standard InChI is InChI=1S/C18H21FN4O3S.2ClH/c1-22(27(25,26)16-6-3-7-20-11-16)13-18(24)23-9-8-21-12-17(23)14-4-2-5-15(19)10-14;;/h2-7,10-11,17,21H,8-9,12-13H2,1H3;2*1H. The highest BCUT2D eigenvalue weighted by Gasteiger charge is 2.31. The van der Waals surface area contributed by atoms with E-state index in [0.717, 1.165) is 4.31 Å². The average molecular weight is 465 g/mol. The molecule has 11 heteroatoms. The Kier molecular flexibility index (Phi) is 9.44. The van der Waals surface area contributed by atoms with Crippen LogP contribution in [-0.2, 0) is 14.8 Å². The van der Waals surface area contributed by atoms with Crippen LogP contribution in [0.4, 0.5) is 4.39 Å². The molecule has 1 saturated heterocycles. The highest BCUT2D eigenvalue weighted by atomic mass is 35.5. The quantitative estimate of drug-likeness (QED) is 0.729. The summed E-state index contributed by atoms with van der Waals surface area (Å²) in [5, 5.41) is 3.19. The number of hydrogen-bond donors (Lipinski definition) is 1. The van der Waals surface area contributed by atoms with Gasteiger partial charge in [0, 0.05) is 39.1 Å². The van der Waals surface area contributed by atoms with E-state index < -0.39 is 10.0 Å². The Morgan fingerprint density at radius 2 is 2.07 bits per heavy atom. The van der Waals surface area contributed by atoms with Gasteiger partial charge in [-0.05, 0) is 29.8 Å². The van der Waals surface area contributed by atoms with Crippen molar-refractivity contribution in [3.8, 4) is 0 Å². The van der Waals surface area contributed by atoms with Crippen molar-refractivity contribution in [2.75, 3.05) is 33.2 Å². The number of carbonyl (C=O) groups is 1. The number of piperazine rings is 1. The fraction of sp³-hybridized carbons (Fsp3) is 0.333. The molecule has 3 rings (SSSR count). The third-order valence-corrected chi connectivity index (χ3v) is 6.28. The molecule has 1 amide bonds. The smallest absolute Gasteiger partial charge is 0.244 e. The van der Waals surface area contributed by atoms with Gasteiger partial charge in [0.25, 0.3) is 0 Å². The fourth-order valence-electron chi connectivity index (χ4n) is 3.06. The van der Waals surface area contributed by atoms with Gasteiger partial charge in [-0.2, -0.15) is 4.31 Å². The summed E-state index contributed by atoms with van der Waals surface area (Å²) in [5.41, 5.74) is 0.674. The minimum absolute atomic E-state index is 0. The maximum Gasteiger partial charge on any atom is 0.244 e. The first-order valence-electron chi connectivity index (χ1n) is 8.51. The van der Waals surface area contributed by atoms with Crippen LogP contribution in [0, 0.1) is 5.82 Å². The van der Waals surface area contributed by atoms with E-state index in [1.165, 1.54) is 43.7 Å². The number of nitrogens with one attached hydrogen (secondary N) is 1. The number of sulfonamides is 1. The number of pyridine rings is 1. The molecule has 1 aliphatic rings. The van der Waals surface area contributed by atoms with Crippen molar-refractivity contribution >= 4 is 40.7 Å².